The van der Waals surface area contributed by atoms with E-state index in [1.807, 2.05) is 35.2 Å². The van der Waals surface area contributed by atoms with Crippen LogP contribution in [0.1, 0.15) is 6.92 Å². The third-order valence-corrected chi connectivity index (χ3v) is 4.65. The lowest BCUT2D eigenvalue weighted by molar-refractivity contribution is 0.208. The van der Waals surface area contributed by atoms with E-state index in [4.69, 9.17) is 0 Å². The molecule has 3 rings (SSSR count). The van der Waals surface area contributed by atoms with E-state index in [0.29, 0.717) is 13.1 Å². The predicted octanol–water partition coefficient (Wildman–Crippen LogP) is 2.94. The molecule has 2 aromatic rings. The molecule has 6 nitrogen and oxygen atoms in total. The van der Waals surface area contributed by atoms with Crippen molar-refractivity contribution in [3.63, 3.8) is 0 Å². The molecule has 1 aliphatic rings. The molecule has 0 unspecified atom stereocenters. The lowest BCUT2D eigenvalue weighted by Gasteiger charge is -2.35. The molecule has 24 heavy (non-hydrogen) atoms. The highest BCUT2D eigenvalue weighted by Gasteiger charge is 2.21. The SMILES string of the molecule is CCSc1ccc(NC(=O)N2CCN(c3ccccn3)CC2)cn1. The van der Waals surface area contributed by atoms with Crippen molar-refractivity contribution < 1.29 is 4.79 Å². The molecule has 1 fully saturated rings. The van der Waals surface area contributed by atoms with Gasteiger partial charge in [-0.2, -0.15) is 0 Å². The number of piperazine rings is 1. The summed E-state index contributed by atoms with van der Waals surface area (Å²) in [4.78, 5) is 25.1. The van der Waals surface area contributed by atoms with E-state index in [9.17, 15) is 4.79 Å². The summed E-state index contributed by atoms with van der Waals surface area (Å²) < 4.78 is 0. The maximum Gasteiger partial charge on any atom is 0.322 e. The Morgan fingerprint density at radius 1 is 1.17 bits per heavy atom. The molecule has 3 heterocycles. The van der Waals surface area contributed by atoms with Gasteiger partial charge in [-0.25, -0.2) is 14.8 Å². The number of rotatable bonds is 4. The van der Waals surface area contributed by atoms with E-state index in [2.05, 4.69) is 27.1 Å². The number of hydrogen-bond donors (Lipinski definition) is 1. The highest BCUT2D eigenvalue weighted by atomic mass is 32.2. The van der Waals surface area contributed by atoms with Crippen LogP contribution in [0.15, 0.2) is 47.8 Å². The molecule has 1 saturated heterocycles. The lowest BCUT2D eigenvalue weighted by atomic mass is 10.3. The van der Waals surface area contributed by atoms with Crippen LogP contribution in [0.25, 0.3) is 0 Å². The third kappa shape index (κ3) is 4.17. The quantitative estimate of drug-likeness (QED) is 0.865. The number of hydrogen-bond acceptors (Lipinski definition) is 5. The average molecular weight is 343 g/mol. The van der Waals surface area contributed by atoms with Crippen molar-refractivity contribution in [3.8, 4) is 0 Å². The van der Waals surface area contributed by atoms with Crippen molar-refractivity contribution in [3.05, 3.63) is 42.7 Å². The third-order valence-electron chi connectivity index (χ3n) is 3.82. The summed E-state index contributed by atoms with van der Waals surface area (Å²) >= 11 is 1.68. The van der Waals surface area contributed by atoms with Gasteiger partial charge < -0.3 is 15.1 Å². The summed E-state index contributed by atoms with van der Waals surface area (Å²) in [6.45, 7) is 5.02. The summed E-state index contributed by atoms with van der Waals surface area (Å²) in [5.41, 5.74) is 0.729. The second kappa shape index (κ2) is 8.01. The Morgan fingerprint density at radius 2 is 2.00 bits per heavy atom. The van der Waals surface area contributed by atoms with Crippen LogP contribution in [-0.4, -0.2) is 52.8 Å². The van der Waals surface area contributed by atoms with Gasteiger partial charge in [0.15, 0.2) is 0 Å². The molecule has 0 aromatic carbocycles. The van der Waals surface area contributed by atoms with Gasteiger partial charge in [-0.05, 0) is 30.0 Å². The van der Waals surface area contributed by atoms with Crippen molar-refractivity contribution in [1.29, 1.82) is 0 Å². The highest BCUT2D eigenvalue weighted by Crippen LogP contribution is 2.17. The molecule has 2 aromatic heterocycles. The molecule has 0 atom stereocenters. The summed E-state index contributed by atoms with van der Waals surface area (Å²) in [5.74, 6) is 1.95. The van der Waals surface area contributed by atoms with Crippen LogP contribution in [0.5, 0.6) is 0 Å². The molecule has 0 bridgehead atoms. The number of nitrogens with zero attached hydrogens (tertiary/aromatic N) is 4. The minimum Gasteiger partial charge on any atom is -0.353 e. The first-order valence-corrected chi connectivity index (χ1v) is 9.05. The van der Waals surface area contributed by atoms with Gasteiger partial charge in [-0.1, -0.05) is 13.0 Å². The second-order valence-electron chi connectivity index (χ2n) is 5.41. The Bertz CT molecular complexity index is 656. The maximum atomic E-state index is 12.4. The first-order valence-electron chi connectivity index (χ1n) is 8.07. The van der Waals surface area contributed by atoms with Gasteiger partial charge in [-0.3, -0.25) is 0 Å². The maximum absolute atomic E-state index is 12.4. The average Bonchev–Trinajstić information content (AvgIpc) is 2.64. The normalized spacial score (nSPS) is 14.5. The number of thioether (sulfide) groups is 1. The summed E-state index contributed by atoms with van der Waals surface area (Å²) in [6, 6.07) is 9.64. The Balaban J connectivity index is 1.51. The number of carbonyl (C=O) groups excluding carboxylic acids is 1. The number of amides is 2. The van der Waals surface area contributed by atoms with E-state index < -0.39 is 0 Å². The molecule has 7 heteroatoms. The van der Waals surface area contributed by atoms with E-state index >= 15 is 0 Å². The lowest BCUT2D eigenvalue weighted by Crippen LogP contribution is -2.50. The standard InChI is InChI=1S/C17H21N5OS/c1-2-24-16-7-6-14(13-19-16)20-17(23)22-11-9-21(10-12-22)15-5-3-4-8-18-15/h3-8,13H,2,9-12H2,1H3,(H,20,23). The van der Waals surface area contributed by atoms with Crippen molar-refractivity contribution in [2.45, 2.75) is 11.9 Å². The van der Waals surface area contributed by atoms with Crippen LogP contribution in [-0.2, 0) is 0 Å². The number of pyridine rings is 2. The first kappa shape index (κ1) is 16.6. The minimum absolute atomic E-state index is 0.0756. The fourth-order valence-electron chi connectivity index (χ4n) is 2.57. The van der Waals surface area contributed by atoms with Crippen molar-refractivity contribution in [2.75, 3.05) is 42.1 Å². The van der Waals surface area contributed by atoms with Gasteiger partial charge in [0.25, 0.3) is 0 Å². The Kier molecular flexibility index (Phi) is 5.53. The molecule has 2 amide bonds. The molecule has 1 N–H and O–H groups in total. The zero-order chi connectivity index (χ0) is 16.8. The van der Waals surface area contributed by atoms with Crippen LogP contribution in [0.4, 0.5) is 16.3 Å². The fourth-order valence-corrected chi connectivity index (χ4v) is 3.16. The molecule has 126 valence electrons. The van der Waals surface area contributed by atoms with Crippen molar-refractivity contribution in [2.24, 2.45) is 0 Å². The number of aromatic nitrogens is 2. The topological polar surface area (TPSA) is 61.4 Å². The Labute approximate surface area is 146 Å². The van der Waals surface area contributed by atoms with Crippen LogP contribution in [0.2, 0.25) is 0 Å². The zero-order valence-electron chi connectivity index (χ0n) is 13.7. The number of carbonyl (C=O) groups is 1. The predicted molar refractivity (Wildman–Crippen MR) is 97.7 cm³/mol. The van der Waals surface area contributed by atoms with Gasteiger partial charge in [0, 0.05) is 32.4 Å². The van der Waals surface area contributed by atoms with Crippen LogP contribution >= 0.6 is 11.8 Å². The van der Waals surface area contributed by atoms with Gasteiger partial charge in [0.2, 0.25) is 0 Å². The Hall–Kier alpha value is -2.28. The van der Waals surface area contributed by atoms with Gasteiger partial charge in [-0.15, -0.1) is 11.8 Å². The van der Waals surface area contributed by atoms with E-state index in [-0.39, 0.29) is 6.03 Å². The summed E-state index contributed by atoms with van der Waals surface area (Å²) in [7, 11) is 0. The van der Waals surface area contributed by atoms with E-state index in [1.165, 1.54) is 0 Å². The smallest absolute Gasteiger partial charge is 0.322 e. The van der Waals surface area contributed by atoms with Crippen LogP contribution in [0.3, 0.4) is 0 Å². The molecular weight excluding hydrogens is 322 g/mol. The molecule has 0 saturated carbocycles. The number of anilines is 2. The largest absolute Gasteiger partial charge is 0.353 e. The molecule has 1 aliphatic heterocycles. The van der Waals surface area contributed by atoms with E-state index in [0.717, 1.165) is 35.4 Å². The zero-order valence-corrected chi connectivity index (χ0v) is 14.5. The van der Waals surface area contributed by atoms with Gasteiger partial charge in [0.1, 0.15) is 5.82 Å². The molecular formula is C17H21N5OS. The minimum atomic E-state index is -0.0756. The van der Waals surface area contributed by atoms with E-state index in [1.54, 1.807) is 24.2 Å². The van der Waals surface area contributed by atoms with Crippen LogP contribution in [0, 0.1) is 0 Å². The first-order chi connectivity index (χ1) is 11.8. The molecule has 0 radical (unpaired) electrons. The summed E-state index contributed by atoms with van der Waals surface area (Å²) in [6.07, 6.45) is 3.50. The van der Waals surface area contributed by atoms with Gasteiger partial charge >= 0.3 is 6.03 Å². The highest BCUT2D eigenvalue weighted by molar-refractivity contribution is 7.99. The van der Waals surface area contributed by atoms with Gasteiger partial charge in [0.05, 0.1) is 16.9 Å². The molecule has 0 spiro atoms. The summed E-state index contributed by atoms with van der Waals surface area (Å²) in [5, 5.41) is 3.89. The number of nitrogens with one attached hydrogen (secondary N) is 1. The molecule has 0 aliphatic carbocycles. The fraction of sp³-hybridized carbons (Fsp3) is 0.353. The van der Waals surface area contributed by atoms with Crippen molar-refractivity contribution >= 4 is 29.3 Å². The van der Waals surface area contributed by atoms with Crippen LogP contribution < -0.4 is 10.2 Å². The monoisotopic (exact) mass is 343 g/mol. The van der Waals surface area contributed by atoms with Crippen molar-refractivity contribution in [1.82, 2.24) is 14.9 Å². The Morgan fingerprint density at radius 3 is 2.62 bits per heavy atom. The number of urea groups is 1. The second-order valence-corrected chi connectivity index (χ2v) is 6.69.